The maximum Gasteiger partial charge on any atom is 1.00 e. The van der Waals surface area contributed by atoms with E-state index >= 15 is 0 Å². The number of aryl methyl sites for hydroxylation is 3. The summed E-state index contributed by atoms with van der Waals surface area (Å²) in [4.78, 5) is 32.7. The molecule has 0 saturated heterocycles. The number of pyridine rings is 1. The second-order valence-electron chi connectivity index (χ2n) is 5.78. The Hall–Kier alpha value is -1.94. The molecule has 0 bridgehead atoms. The minimum Gasteiger partial charge on any atom is -0.550 e. The molecule has 2 N–H and O–H groups in total. The number of rotatable bonds is 6. The van der Waals surface area contributed by atoms with Gasteiger partial charge in [-0.3, -0.25) is 9.20 Å². The molecule has 140 valence electrons. The second-order valence-corrected chi connectivity index (χ2v) is 5.78. The first-order chi connectivity index (χ1) is 12.0. The molecule has 0 saturated carbocycles. The first kappa shape index (κ1) is 23.1. The summed E-state index contributed by atoms with van der Waals surface area (Å²) in [7, 11) is 1.53. The van der Waals surface area contributed by atoms with Gasteiger partial charge in [0.25, 0.3) is 5.56 Å². The van der Waals surface area contributed by atoms with E-state index in [1.165, 1.54) is 7.11 Å². The number of nitrogens with zero attached hydrogens (tertiary/aromatic N) is 4. The van der Waals surface area contributed by atoms with E-state index in [4.69, 9.17) is 4.74 Å². The van der Waals surface area contributed by atoms with E-state index in [-0.39, 0.29) is 53.6 Å². The molecule has 0 fully saturated rings. The zero-order valence-corrected chi connectivity index (χ0v) is 17.9. The molecule has 0 spiro atoms. The summed E-state index contributed by atoms with van der Waals surface area (Å²) in [6, 6.07) is 3.44. The van der Waals surface area contributed by atoms with E-state index in [9.17, 15) is 14.7 Å². The molecular weight excluding hydrogens is 363 g/mol. The molecule has 3 heterocycles. The number of hydrogen-bond donors (Lipinski definition) is 0. The molecule has 0 aliphatic carbocycles. The Morgan fingerprint density at radius 1 is 1.30 bits per heavy atom. The molecule has 0 atom stereocenters. The van der Waals surface area contributed by atoms with Crippen LogP contribution < -0.4 is 45.0 Å². The molecule has 3 aromatic rings. The summed E-state index contributed by atoms with van der Waals surface area (Å²) in [5, 5.41) is 10.7. The van der Waals surface area contributed by atoms with Crippen LogP contribution in [0.3, 0.4) is 0 Å². The Bertz CT molecular complexity index is 1030. The van der Waals surface area contributed by atoms with Crippen molar-refractivity contribution >= 4 is 22.6 Å². The monoisotopic (exact) mass is 384 g/mol. The van der Waals surface area contributed by atoms with Gasteiger partial charge < -0.3 is 24.7 Å². The van der Waals surface area contributed by atoms with Crippen molar-refractivity contribution < 1.29 is 49.7 Å². The van der Waals surface area contributed by atoms with E-state index in [1.54, 1.807) is 28.0 Å². The molecule has 0 aliphatic heterocycles. The number of carbonyl (C=O) groups excluding carboxylic acids is 1. The molecular formula is C17H21N4NaO5. The summed E-state index contributed by atoms with van der Waals surface area (Å²) in [5.41, 5.74) is 2.06. The third-order valence-corrected chi connectivity index (χ3v) is 4.19. The number of carbonyl (C=O) groups is 1. The minimum atomic E-state index is -1.13. The van der Waals surface area contributed by atoms with E-state index < -0.39 is 5.97 Å². The molecule has 0 aliphatic rings. The third kappa shape index (κ3) is 4.16. The second kappa shape index (κ2) is 9.32. The van der Waals surface area contributed by atoms with Gasteiger partial charge >= 0.3 is 29.6 Å². The topological polar surface area (TPSA) is 133 Å². The Balaban J connectivity index is 0.00000182. The predicted molar refractivity (Wildman–Crippen MR) is 93.3 cm³/mol. The van der Waals surface area contributed by atoms with Crippen LogP contribution in [0.4, 0.5) is 0 Å². The fourth-order valence-corrected chi connectivity index (χ4v) is 3.06. The van der Waals surface area contributed by atoms with Crippen LogP contribution in [0.5, 0.6) is 5.88 Å². The molecule has 0 amide bonds. The predicted octanol–water partition coefficient (Wildman–Crippen LogP) is -3.37. The molecule has 0 aromatic carbocycles. The van der Waals surface area contributed by atoms with Crippen LogP contribution in [-0.2, 0) is 17.8 Å². The molecule has 10 heteroatoms. The van der Waals surface area contributed by atoms with Crippen LogP contribution in [0.1, 0.15) is 31.3 Å². The van der Waals surface area contributed by atoms with Crippen molar-refractivity contribution in [2.45, 2.75) is 39.7 Å². The minimum absolute atomic E-state index is 0. The normalized spacial score (nSPS) is 10.5. The van der Waals surface area contributed by atoms with Gasteiger partial charge in [0.1, 0.15) is 11.3 Å². The molecule has 27 heavy (non-hydrogen) atoms. The van der Waals surface area contributed by atoms with Gasteiger partial charge in [-0.1, -0.05) is 6.92 Å². The largest absolute Gasteiger partial charge is 1.00 e. The van der Waals surface area contributed by atoms with Crippen molar-refractivity contribution in [2.24, 2.45) is 0 Å². The number of carboxylic acid groups (broad SMARTS) is 1. The molecule has 3 rings (SSSR count). The summed E-state index contributed by atoms with van der Waals surface area (Å²) >= 11 is 0. The van der Waals surface area contributed by atoms with Crippen LogP contribution in [0.25, 0.3) is 16.7 Å². The number of carboxylic acids is 1. The summed E-state index contributed by atoms with van der Waals surface area (Å²) in [6.45, 7) is 4.01. The van der Waals surface area contributed by atoms with Gasteiger partial charge in [-0.2, -0.15) is 4.98 Å². The van der Waals surface area contributed by atoms with Crippen molar-refractivity contribution in [1.82, 2.24) is 18.9 Å². The van der Waals surface area contributed by atoms with Crippen molar-refractivity contribution in [3.05, 3.63) is 34.0 Å². The van der Waals surface area contributed by atoms with Crippen molar-refractivity contribution in [1.29, 1.82) is 0 Å². The van der Waals surface area contributed by atoms with Crippen molar-refractivity contribution in [3.8, 4) is 5.88 Å². The van der Waals surface area contributed by atoms with Gasteiger partial charge in [0.15, 0.2) is 5.65 Å². The number of hydrogen-bond acceptors (Lipinski definition) is 6. The zero-order chi connectivity index (χ0) is 18.1. The first-order valence-electron chi connectivity index (χ1n) is 8.13. The molecule has 0 radical (unpaired) electrons. The quantitative estimate of drug-likeness (QED) is 0.408. The Morgan fingerprint density at radius 3 is 2.59 bits per heavy atom. The van der Waals surface area contributed by atoms with Crippen LogP contribution in [0, 0.1) is 6.92 Å². The van der Waals surface area contributed by atoms with Crippen LogP contribution in [0.2, 0.25) is 0 Å². The standard InChI is InChI=1S/C17H20N4O4.Na.H2O/c1-4-12-18-10(2)15-17(24)20(9-5-6-14(22)23)11-7-8-13(25-3)19-16(11)21(12)15;;/h7-8H,4-6,9H2,1-3H3,(H,22,23);;1H2/q;+1;/p-1. The smallest absolute Gasteiger partial charge is 0.550 e. The van der Waals surface area contributed by atoms with E-state index in [0.717, 1.165) is 5.82 Å². The number of methoxy groups -OCH3 is 1. The van der Waals surface area contributed by atoms with E-state index in [0.29, 0.717) is 41.1 Å². The Morgan fingerprint density at radius 2 is 2.00 bits per heavy atom. The molecule has 3 aromatic heterocycles. The fraction of sp³-hybridized carbons (Fsp3) is 0.412. The number of fused-ring (bicyclic) bond motifs is 3. The van der Waals surface area contributed by atoms with Gasteiger partial charge in [0.05, 0.1) is 18.3 Å². The van der Waals surface area contributed by atoms with Gasteiger partial charge in [-0.15, -0.1) is 0 Å². The maximum atomic E-state index is 13.0. The Labute approximate surface area is 177 Å². The van der Waals surface area contributed by atoms with Crippen molar-refractivity contribution in [3.63, 3.8) is 0 Å². The van der Waals surface area contributed by atoms with Crippen LogP contribution in [0.15, 0.2) is 16.9 Å². The number of imidazole rings is 1. The maximum absolute atomic E-state index is 13.0. The van der Waals surface area contributed by atoms with Gasteiger partial charge in [0.2, 0.25) is 5.88 Å². The van der Waals surface area contributed by atoms with Gasteiger partial charge in [-0.25, -0.2) is 4.98 Å². The zero-order valence-electron chi connectivity index (χ0n) is 15.9. The fourth-order valence-electron chi connectivity index (χ4n) is 3.06. The SMILES string of the molecule is CCc1nc(C)c2c(=O)n(CCCC(=O)[O-])c3ccc(OC)nc3n12.O.[Na+]. The summed E-state index contributed by atoms with van der Waals surface area (Å²) < 4.78 is 8.53. The summed E-state index contributed by atoms with van der Waals surface area (Å²) in [6.07, 6.45) is 0.839. The first-order valence-corrected chi connectivity index (χ1v) is 8.13. The number of ether oxygens (including phenoxy) is 1. The third-order valence-electron chi connectivity index (χ3n) is 4.19. The molecule has 9 nitrogen and oxygen atoms in total. The number of aliphatic carboxylic acids is 1. The molecule has 0 unspecified atom stereocenters. The number of aromatic nitrogens is 4. The Kier molecular flexibility index (Phi) is 7.97. The van der Waals surface area contributed by atoms with Crippen LogP contribution >= 0.6 is 0 Å². The van der Waals surface area contributed by atoms with E-state index in [1.807, 2.05) is 6.92 Å². The average Bonchev–Trinajstić information content (AvgIpc) is 2.94. The summed E-state index contributed by atoms with van der Waals surface area (Å²) in [5.74, 6) is 0.0476. The van der Waals surface area contributed by atoms with E-state index in [2.05, 4.69) is 9.97 Å². The van der Waals surface area contributed by atoms with Gasteiger partial charge in [-0.05, 0) is 25.8 Å². The van der Waals surface area contributed by atoms with Crippen molar-refractivity contribution in [2.75, 3.05) is 7.11 Å². The average molecular weight is 384 g/mol. The van der Waals surface area contributed by atoms with Gasteiger partial charge in [0, 0.05) is 25.0 Å². The van der Waals surface area contributed by atoms with Crippen LogP contribution in [-0.4, -0.2) is 37.5 Å².